The van der Waals surface area contributed by atoms with Crippen LogP contribution in [0.2, 0.25) is 5.02 Å². The van der Waals surface area contributed by atoms with E-state index in [1.165, 1.54) is 18.2 Å². The Morgan fingerprint density at radius 2 is 1.83 bits per heavy atom. The minimum Gasteiger partial charge on any atom is -0.469 e. The average Bonchev–Trinajstić information content (AvgIpc) is 3.57. The number of nitrogens with one attached hydrogen (secondary N) is 1. The zero-order valence-corrected chi connectivity index (χ0v) is 21.6. The first kappa shape index (κ1) is 32.5. The summed E-state index contributed by atoms with van der Waals surface area (Å²) in [4.78, 5) is 16.2. The summed E-state index contributed by atoms with van der Waals surface area (Å²) in [5.41, 5.74) is 2.40. The molecule has 228 valence electrons. The molecule has 1 aromatic heterocycles. The van der Waals surface area contributed by atoms with E-state index in [1.54, 1.807) is 0 Å². The number of aromatic nitrogens is 2. The summed E-state index contributed by atoms with van der Waals surface area (Å²) in [5.74, 6) is -16.2. The predicted octanol–water partition coefficient (Wildman–Crippen LogP) is 5.79. The van der Waals surface area contributed by atoms with Crippen LogP contribution in [0.15, 0.2) is 29.4 Å². The molecule has 2 aromatic rings. The smallest absolute Gasteiger partial charge is 0.460 e. The maximum Gasteiger partial charge on any atom is 0.460 e. The quantitative estimate of drug-likeness (QED) is 0.267. The number of carbonyl (C=O) groups excluding carboxylic acids is 1. The second-order valence-electron chi connectivity index (χ2n) is 8.91. The zero-order valence-electron chi connectivity index (χ0n) is 20.8. The standard InChI is InChI=1S/C23H17ClF10N6O2/c1-40-16(15(21(27,28)29)18(39-40)42-10-20(25,26)22(30,31)23(32,33)34)37-8-12(7-35)11-2-3-14(24)13(6-11)17(41)38-19(9-36)4-5-19/h2-3,6-8H,4-5,10,35H2,1H3,(H,38,41). The first-order valence-electron chi connectivity index (χ1n) is 11.3. The van der Waals surface area contributed by atoms with Crippen LogP contribution in [-0.2, 0) is 13.2 Å². The summed E-state index contributed by atoms with van der Waals surface area (Å²) >= 11 is 6.07. The van der Waals surface area contributed by atoms with Gasteiger partial charge in [0.15, 0.2) is 18.0 Å². The first-order valence-corrected chi connectivity index (χ1v) is 11.7. The third kappa shape index (κ3) is 6.40. The minimum absolute atomic E-state index is 0.0426. The van der Waals surface area contributed by atoms with Crippen molar-refractivity contribution in [3.63, 3.8) is 0 Å². The summed E-state index contributed by atoms with van der Waals surface area (Å²) in [7, 11) is 0.830. The maximum absolute atomic E-state index is 13.8. The Morgan fingerprint density at radius 3 is 2.33 bits per heavy atom. The van der Waals surface area contributed by atoms with E-state index >= 15 is 0 Å². The molecule has 3 rings (SSSR count). The van der Waals surface area contributed by atoms with Gasteiger partial charge in [0.25, 0.3) is 5.91 Å². The largest absolute Gasteiger partial charge is 0.469 e. The summed E-state index contributed by atoms with van der Waals surface area (Å²) in [6, 6.07) is 5.71. The lowest BCUT2D eigenvalue weighted by molar-refractivity contribution is -0.358. The Kier molecular flexibility index (Phi) is 8.51. The number of aryl methyl sites for hydroxylation is 1. The molecule has 1 aliphatic rings. The maximum atomic E-state index is 13.8. The van der Waals surface area contributed by atoms with E-state index < -0.39 is 59.5 Å². The fraction of sp³-hybridized carbons (Fsp3) is 0.391. The molecule has 1 heterocycles. The van der Waals surface area contributed by atoms with E-state index in [1.807, 2.05) is 6.07 Å². The number of nitriles is 1. The predicted molar refractivity (Wildman–Crippen MR) is 126 cm³/mol. The number of carbonyl (C=O) groups is 1. The molecule has 0 unspecified atom stereocenters. The molecule has 1 saturated carbocycles. The van der Waals surface area contributed by atoms with Crippen LogP contribution in [0.25, 0.3) is 5.57 Å². The number of allylic oxidation sites excluding steroid dienone is 1. The topological polar surface area (TPSA) is 118 Å². The third-order valence-electron chi connectivity index (χ3n) is 5.84. The van der Waals surface area contributed by atoms with Crippen molar-refractivity contribution in [2.45, 2.75) is 42.6 Å². The Bertz CT molecular complexity index is 1470. The number of nitrogens with zero attached hydrogens (tertiary/aromatic N) is 4. The number of benzene rings is 1. The van der Waals surface area contributed by atoms with Gasteiger partial charge >= 0.3 is 24.2 Å². The molecule has 0 saturated heterocycles. The minimum atomic E-state index is -6.73. The Labute approximate surface area is 234 Å². The number of nitrogens with two attached hydrogens (primary N) is 1. The molecular formula is C23H17ClF10N6O2. The van der Waals surface area contributed by atoms with Gasteiger partial charge in [-0.05, 0) is 30.5 Å². The lowest BCUT2D eigenvalue weighted by Crippen LogP contribution is -2.54. The summed E-state index contributed by atoms with van der Waals surface area (Å²) in [6.45, 7) is -2.81. The van der Waals surface area contributed by atoms with Gasteiger partial charge in [0.2, 0.25) is 5.88 Å². The van der Waals surface area contributed by atoms with Crippen molar-refractivity contribution in [2.24, 2.45) is 17.8 Å². The van der Waals surface area contributed by atoms with Crippen LogP contribution in [0.5, 0.6) is 5.88 Å². The van der Waals surface area contributed by atoms with Gasteiger partial charge in [-0.1, -0.05) is 17.7 Å². The van der Waals surface area contributed by atoms with E-state index in [0.29, 0.717) is 17.5 Å². The lowest BCUT2D eigenvalue weighted by Gasteiger charge is -2.27. The highest BCUT2D eigenvalue weighted by Gasteiger charge is 2.73. The molecule has 1 fully saturated rings. The highest BCUT2D eigenvalue weighted by atomic mass is 35.5. The van der Waals surface area contributed by atoms with Crippen LogP contribution in [0.1, 0.15) is 34.3 Å². The van der Waals surface area contributed by atoms with E-state index in [-0.39, 0.29) is 21.7 Å². The Morgan fingerprint density at radius 1 is 1.21 bits per heavy atom. The molecule has 0 radical (unpaired) electrons. The highest BCUT2D eigenvalue weighted by Crippen LogP contribution is 2.48. The average molecular weight is 635 g/mol. The normalized spacial score (nSPS) is 15.9. The number of hydrogen-bond acceptors (Lipinski definition) is 6. The highest BCUT2D eigenvalue weighted by molar-refractivity contribution is 6.34. The molecule has 0 aliphatic heterocycles. The molecule has 1 aliphatic carbocycles. The molecule has 19 heteroatoms. The van der Waals surface area contributed by atoms with Crippen molar-refractivity contribution in [3.8, 4) is 11.9 Å². The summed E-state index contributed by atoms with van der Waals surface area (Å²) < 4.78 is 136. The molecule has 1 aromatic carbocycles. The second-order valence-corrected chi connectivity index (χ2v) is 9.32. The van der Waals surface area contributed by atoms with Crippen molar-refractivity contribution in [1.29, 1.82) is 5.26 Å². The van der Waals surface area contributed by atoms with Crippen LogP contribution in [0.4, 0.5) is 49.7 Å². The van der Waals surface area contributed by atoms with Gasteiger partial charge in [-0.15, -0.1) is 5.10 Å². The van der Waals surface area contributed by atoms with E-state index in [2.05, 4.69) is 20.1 Å². The second kappa shape index (κ2) is 11.0. The molecule has 0 atom stereocenters. The van der Waals surface area contributed by atoms with Gasteiger partial charge in [0.1, 0.15) is 5.54 Å². The number of aliphatic imine (C=N–C) groups is 1. The number of hydrogen-bond donors (Lipinski definition) is 2. The van der Waals surface area contributed by atoms with Gasteiger partial charge in [-0.25, -0.2) is 9.67 Å². The van der Waals surface area contributed by atoms with Gasteiger partial charge in [0, 0.05) is 25.0 Å². The summed E-state index contributed by atoms with van der Waals surface area (Å²) in [6.07, 6.45) is -9.76. The third-order valence-corrected chi connectivity index (χ3v) is 6.17. The number of ether oxygens (including phenoxy) is 1. The fourth-order valence-corrected chi connectivity index (χ4v) is 3.55. The molecule has 8 nitrogen and oxygen atoms in total. The van der Waals surface area contributed by atoms with Gasteiger partial charge < -0.3 is 15.8 Å². The number of amides is 1. The van der Waals surface area contributed by atoms with Gasteiger partial charge in [0.05, 0.1) is 16.7 Å². The molecular weight excluding hydrogens is 618 g/mol. The van der Waals surface area contributed by atoms with Crippen molar-refractivity contribution in [3.05, 3.63) is 46.1 Å². The number of halogens is 11. The number of alkyl halides is 10. The van der Waals surface area contributed by atoms with Crippen molar-refractivity contribution >= 4 is 35.1 Å². The van der Waals surface area contributed by atoms with Crippen LogP contribution in [0.3, 0.4) is 0 Å². The Balaban J connectivity index is 1.93. The molecule has 0 bridgehead atoms. The Hall–Kier alpha value is -4.01. The number of rotatable bonds is 9. The lowest BCUT2D eigenvalue weighted by atomic mass is 10.0. The molecule has 1 amide bonds. The van der Waals surface area contributed by atoms with Crippen molar-refractivity contribution in [2.75, 3.05) is 6.61 Å². The first-order chi connectivity index (χ1) is 19.2. The van der Waals surface area contributed by atoms with E-state index in [0.717, 1.165) is 19.5 Å². The zero-order chi connectivity index (χ0) is 31.9. The van der Waals surface area contributed by atoms with Crippen LogP contribution < -0.4 is 15.8 Å². The van der Waals surface area contributed by atoms with Crippen LogP contribution in [0, 0.1) is 11.3 Å². The van der Waals surface area contributed by atoms with Crippen LogP contribution in [-0.4, -0.2) is 52.1 Å². The van der Waals surface area contributed by atoms with Crippen LogP contribution >= 0.6 is 11.6 Å². The SMILES string of the molecule is Cn1nc(OCC(F)(F)C(F)(F)C(F)(F)F)c(C(F)(F)F)c1N=CC(=CN)c1ccc(Cl)c(C(=O)NC2(C#N)CC2)c1. The van der Waals surface area contributed by atoms with E-state index in [9.17, 15) is 54.0 Å². The van der Waals surface area contributed by atoms with E-state index in [4.69, 9.17) is 17.3 Å². The molecule has 0 spiro atoms. The molecule has 42 heavy (non-hydrogen) atoms. The summed E-state index contributed by atoms with van der Waals surface area (Å²) in [5, 5.41) is 14.8. The van der Waals surface area contributed by atoms with Gasteiger partial charge in [-0.3, -0.25) is 4.79 Å². The van der Waals surface area contributed by atoms with Crippen molar-refractivity contribution < 1.29 is 53.4 Å². The van der Waals surface area contributed by atoms with Gasteiger partial charge in [-0.2, -0.15) is 49.2 Å². The van der Waals surface area contributed by atoms with Crippen molar-refractivity contribution in [1.82, 2.24) is 15.1 Å². The fourth-order valence-electron chi connectivity index (χ4n) is 3.34. The monoisotopic (exact) mass is 634 g/mol. The molecule has 3 N–H and O–H groups in total.